The van der Waals surface area contributed by atoms with E-state index in [2.05, 4.69) is 0 Å². The van der Waals surface area contributed by atoms with Crippen molar-refractivity contribution in [1.82, 2.24) is 4.90 Å². The van der Waals surface area contributed by atoms with Gasteiger partial charge in [-0.15, -0.1) is 0 Å². The van der Waals surface area contributed by atoms with Crippen LogP contribution in [0.1, 0.15) is 41.0 Å². The molecule has 2 atom stereocenters. The van der Waals surface area contributed by atoms with Crippen molar-refractivity contribution in [3.8, 4) is 5.75 Å². The molecule has 162 valence electrons. The number of ether oxygens (including phenoxy) is 1. The molecular formula is C26H23NO5. The highest BCUT2D eigenvalue weighted by Gasteiger charge is 2.46. The number of Topliss-reactive ketones (excluding diaryl/α,β-unsaturated/α-hetero) is 1. The number of aryl methyl sites for hydroxylation is 1. The number of aliphatic hydroxyl groups excluding tert-OH is 1. The van der Waals surface area contributed by atoms with Crippen LogP contribution < -0.4 is 4.74 Å². The van der Waals surface area contributed by atoms with Crippen LogP contribution in [0.25, 0.3) is 5.76 Å². The molecule has 32 heavy (non-hydrogen) atoms. The summed E-state index contributed by atoms with van der Waals surface area (Å²) >= 11 is 0. The summed E-state index contributed by atoms with van der Waals surface area (Å²) < 4.78 is 11.2. The number of hydrogen-bond acceptors (Lipinski definition) is 5. The van der Waals surface area contributed by atoms with E-state index in [-0.39, 0.29) is 24.0 Å². The Labute approximate surface area is 185 Å². The van der Waals surface area contributed by atoms with Crippen LogP contribution in [0.4, 0.5) is 0 Å². The van der Waals surface area contributed by atoms with Gasteiger partial charge in [0.1, 0.15) is 23.4 Å². The second-order valence-electron chi connectivity index (χ2n) is 8.32. The summed E-state index contributed by atoms with van der Waals surface area (Å²) in [5.41, 5.74) is 3.27. The molecule has 0 spiro atoms. The fraction of sp³-hybridized carbons (Fsp3) is 0.231. The quantitative estimate of drug-likeness (QED) is 0.374. The Morgan fingerprint density at radius 3 is 2.69 bits per heavy atom. The number of likely N-dealkylation sites (tertiary alicyclic amines) is 1. The second kappa shape index (κ2) is 7.71. The molecule has 6 heteroatoms. The molecule has 2 aliphatic rings. The van der Waals surface area contributed by atoms with E-state index in [1.54, 1.807) is 24.3 Å². The Morgan fingerprint density at radius 2 is 1.94 bits per heavy atom. The van der Waals surface area contributed by atoms with Crippen molar-refractivity contribution in [1.29, 1.82) is 0 Å². The van der Waals surface area contributed by atoms with Gasteiger partial charge in [0.15, 0.2) is 0 Å². The zero-order chi connectivity index (χ0) is 22.4. The Balaban J connectivity index is 1.65. The highest BCUT2D eigenvalue weighted by molar-refractivity contribution is 6.46. The Hall–Kier alpha value is -3.80. The fourth-order valence-corrected chi connectivity index (χ4v) is 4.56. The van der Waals surface area contributed by atoms with Crippen LogP contribution in [0.3, 0.4) is 0 Å². The molecule has 3 aromatic rings. The lowest BCUT2D eigenvalue weighted by atomic mass is 9.92. The van der Waals surface area contributed by atoms with Gasteiger partial charge in [-0.3, -0.25) is 9.59 Å². The standard InChI is InChI=1S/C26H23NO5/c1-15-6-3-4-8-20(15)23-22(25(29)26(30)27(23)14-19-7-5-11-31-19)24(28)17-9-10-21-18(13-17)12-16(2)32-21/h3-11,13,16,23,28H,12,14H2,1-2H3/b24-22+. The number of rotatable bonds is 4. The summed E-state index contributed by atoms with van der Waals surface area (Å²) in [5.74, 6) is -0.195. The lowest BCUT2D eigenvalue weighted by Gasteiger charge is -2.25. The molecule has 0 aliphatic carbocycles. The van der Waals surface area contributed by atoms with Gasteiger partial charge in [-0.2, -0.15) is 0 Å². The first-order valence-electron chi connectivity index (χ1n) is 10.6. The zero-order valence-corrected chi connectivity index (χ0v) is 17.9. The largest absolute Gasteiger partial charge is 0.507 e. The monoisotopic (exact) mass is 429 g/mol. The van der Waals surface area contributed by atoms with E-state index in [1.165, 1.54) is 11.2 Å². The molecule has 2 aromatic carbocycles. The minimum atomic E-state index is -0.718. The molecular weight excluding hydrogens is 406 g/mol. The van der Waals surface area contributed by atoms with Crippen molar-refractivity contribution >= 4 is 17.4 Å². The number of amides is 1. The van der Waals surface area contributed by atoms with Gasteiger partial charge in [0.25, 0.3) is 11.7 Å². The molecule has 6 nitrogen and oxygen atoms in total. The van der Waals surface area contributed by atoms with Gasteiger partial charge >= 0.3 is 0 Å². The third kappa shape index (κ3) is 3.28. The maximum absolute atomic E-state index is 13.2. The van der Waals surface area contributed by atoms with Crippen LogP contribution in [-0.4, -0.2) is 27.8 Å². The maximum Gasteiger partial charge on any atom is 0.296 e. The Bertz CT molecular complexity index is 1240. The van der Waals surface area contributed by atoms with E-state index in [0.717, 1.165) is 28.9 Å². The van der Waals surface area contributed by atoms with Crippen molar-refractivity contribution in [2.24, 2.45) is 0 Å². The van der Waals surface area contributed by atoms with Crippen LogP contribution in [0, 0.1) is 6.92 Å². The Morgan fingerprint density at radius 1 is 1.12 bits per heavy atom. The van der Waals surface area contributed by atoms with Crippen LogP contribution >= 0.6 is 0 Å². The van der Waals surface area contributed by atoms with Crippen LogP contribution in [-0.2, 0) is 22.6 Å². The molecule has 2 aliphatic heterocycles. The number of aliphatic hydroxyl groups is 1. The van der Waals surface area contributed by atoms with Crippen molar-refractivity contribution in [3.05, 3.63) is 94.4 Å². The molecule has 1 amide bonds. The predicted octanol–water partition coefficient (Wildman–Crippen LogP) is 4.53. The highest BCUT2D eigenvalue weighted by atomic mass is 16.5. The van der Waals surface area contributed by atoms with Crippen molar-refractivity contribution < 1.29 is 23.8 Å². The summed E-state index contributed by atoms with van der Waals surface area (Å²) in [5, 5.41) is 11.3. The van der Waals surface area contributed by atoms with E-state index in [4.69, 9.17) is 9.15 Å². The van der Waals surface area contributed by atoms with E-state index < -0.39 is 17.7 Å². The summed E-state index contributed by atoms with van der Waals surface area (Å²) in [4.78, 5) is 27.7. The molecule has 3 heterocycles. The van der Waals surface area contributed by atoms with Crippen molar-refractivity contribution in [3.63, 3.8) is 0 Å². The summed E-state index contributed by atoms with van der Waals surface area (Å²) in [7, 11) is 0. The normalized spacial score (nSPS) is 21.6. The van der Waals surface area contributed by atoms with Crippen LogP contribution in [0.5, 0.6) is 5.75 Å². The van der Waals surface area contributed by atoms with Gasteiger partial charge in [-0.05, 0) is 60.9 Å². The maximum atomic E-state index is 13.2. The van der Waals surface area contributed by atoms with Gasteiger partial charge < -0.3 is 19.2 Å². The Kier molecular flexibility index (Phi) is 4.85. The number of benzene rings is 2. The number of hydrogen-bond donors (Lipinski definition) is 1. The van der Waals surface area contributed by atoms with Crippen molar-refractivity contribution in [2.45, 2.75) is 39.0 Å². The average molecular weight is 429 g/mol. The minimum Gasteiger partial charge on any atom is -0.507 e. The lowest BCUT2D eigenvalue weighted by Crippen LogP contribution is -2.29. The lowest BCUT2D eigenvalue weighted by molar-refractivity contribution is -0.140. The molecule has 1 N–H and O–H groups in total. The van der Waals surface area contributed by atoms with Gasteiger partial charge in [0, 0.05) is 12.0 Å². The molecule has 0 radical (unpaired) electrons. The summed E-state index contributed by atoms with van der Waals surface area (Å²) in [6, 6.07) is 15.7. The van der Waals surface area contributed by atoms with Gasteiger partial charge in [0.2, 0.25) is 0 Å². The molecule has 1 saturated heterocycles. The molecule has 5 rings (SSSR count). The highest BCUT2D eigenvalue weighted by Crippen LogP contribution is 2.42. The first kappa shape index (κ1) is 20.1. The van der Waals surface area contributed by atoms with Gasteiger partial charge in [-0.1, -0.05) is 24.3 Å². The van der Waals surface area contributed by atoms with E-state index in [9.17, 15) is 14.7 Å². The predicted molar refractivity (Wildman–Crippen MR) is 118 cm³/mol. The van der Waals surface area contributed by atoms with Gasteiger partial charge in [0.05, 0.1) is 24.4 Å². The van der Waals surface area contributed by atoms with Crippen LogP contribution in [0.15, 0.2) is 70.9 Å². The number of nitrogens with zero attached hydrogens (tertiary/aromatic N) is 1. The average Bonchev–Trinajstić information content (AvgIpc) is 3.48. The molecule has 1 fully saturated rings. The molecule has 0 bridgehead atoms. The van der Waals surface area contributed by atoms with E-state index >= 15 is 0 Å². The first-order chi connectivity index (χ1) is 15.4. The number of carbonyl (C=O) groups excluding carboxylic acids is 2. The first-order valence-corrected chi connectivity index (χ1v) is 10.6. The summed E-state index contributed by atoms with van der Waals surface area (Å²) in [6.45, 7) is 4.04. The zero-order valence-electron chi connectivity index (χ0n) is 17.9. The third-order valence-electron chi connectivity index (χ3n) is 6.10. The third-order valence-corrected chi connectivity index (χ3v) is 6.10. The SMILES string of the molecule is Cc1ccccc1C1/C(=C(\O)c2ccc3c(c2)CC(C)O3)C(=O)C(=O)N1Cc1ccco1. The fourth-order valence-electron chi connectivity index (χ4n) is 4.56. The number of fused-ring (bicyclic) bond motifs is 1. The van der Waals surface area contributed by atoms with E-state index in [0.29, 0.717) is 11.3 Å². The second-order valence-corrected chi connectivity index (χ2v) is 8.32. The number of ketones is 1. The topological polar surface area (TPSA) is 80.0 Å². The minimum absolute atomic E-state index is 0.0632. The number of furan rings is 1. The molecule has 0 saturated carbocycles. The van der Waals surface area contributed by atoms with Crippen LogP contribution in [0.2, 0.25) is 0 Å². The van der Waals surface area contributed by atoms with E-state index in [1.807, 2.05) is 44.2 Å². The smallest absolute Gasteiger partial charge is 0.296 e. The van der Waals surface area contributed by atoms with Gasteiger partial charge in [-0.25, -0.2) is 0 Å². The number of carbonyl (C=O) groups is 2. The molecule has 2 unspecified atom stereocenters. The van der Waals surface area contributed by atoms with Crippen molar-refractivity contribution in [2.75, 3.05) is 0 Å². The molecule has 1 aromatic heterocycles. The summed E-state index contributed by atoms with van der Waals surface area (Å²) in [6.07, 6.45) is 2.32.